The van der Waals surface area contributed by atoms with Gasteiger partial charge in [-0.05, 0) is 0 Å². The van der Waals surface area contributed by atoms with E-state index in [0.29, 0.717) is 5.01 Å². The zero-order valence-corrected chi connectivity index (χ0v) is 5.27. The van der Waals surface area contributed by atoms with Gasteiger partial charge in [0.1, 0.15) is 0 Å². The molecule has 0 saturated carbocycles. The van der Waals surface area contributed by atoms with Crippen LogP contribution >= 0.6 is 0 Å². The van der Waals surface area contributed by atoms with Crippen molar-refractivity contribution < 1.29 is 19.5 Å². The van der Waals surface area contributed by atoms with Gasteiger partial charge in [-0.15, -0.1) is 0 Å². The molecule has 11 heavy (non-hydrogen) atoms. The predicted octanol–water partition coefficient (Wildman–Crippen LogP) is -0.906. The zero-order valence-electron chi connectivity index (χ0n) is 5.27. The maximum Gasteiger partial charge on any atom is 0.424 e. The van der Waals surface area contributed by atoms with Crippen LogP contribution in [0.4, 0.5) is 4.79 Å². The molecule has 0 aromatic carbocycles. The molecule has 0 unspecified atom stereocenters. The van der Waals surface area contributed by atoms with E-state index in [9.17, 15) is 14.4 Å². The van der Waals surface area contributed by atoms with Crippen LogP contribution in [0.5, 0.6) is 0 Å². The van der Waals surface area contributed by atoms with Gasteiger partial charge in [-0.3, -0.25) is 9.59 Å². The molecule has 0 spiro atoms. The molecular weight excluding hydrogens is 152 g/mol. The molecule has 0 aliphatic carbocycles. The number of nitrogens with zero attached hydrogens (tertiary/aromatic N) is 1. The molecular formula is C5H4N2O4. The molecule has 6 nitrogen and oxygen atoms in total. The summed E-state index contributed by atoms with van der Waals surface area (Å²) in [6.07, 6.45) is 0.520. The smallest absolute Gasteiger partial charge is 0.424 e. The Balaban J connectivity index is 2.66. The fourth-order valence-corrected chi connectivity index (χ4v) is 0.606. The van der Waals surface area contributed by atoms with Crippen LogP contribution in [-0.4, -0.2) is 28.0 Å². The van der Waals surface area contributed by atoms with E-state index in [0.717, 1.165) is 12.2 Å². The first kappa shape index (κ1) is 7.26. The molecule has 0 fully saturated rings. The summed E-state index contributed by atoms with van der Waals surface area (Å²) in [5.74, 6) is -1.37. The number of rotatable bonds is 1. The first-order valence-electron chi connectivity index (χ1n) is 2.67. The molecule has 0 atom stereocenters. The third-order valence-corrected chi connectivity index (χ3v) is 1.02. The van der Waals surface area contributed by atoms with Crippen molar-refractivity contribution in [3.05, 3.63) is 12.2 Å². The molecule has 58 valence electrons. The lowest BCUT2D eigenvalue weighted by molar-refractivity contribution is -0.139. The molecule has 1 aliphatic heterocycles. The lowest BCUT2D eigenvalue weighted by atomic mass is 10.6. The van der Waals surface area contributed by atoms with Crippen molar-refractivity contribution >= 4 is 17.9 Å². The van der Waals surface area contributed by atoms with Crippen molar-refractivity contribution in [1.29, 1.82) is 0 Å². The Bertz CT molecular complexity index is 239. The minimum atomic E-state index is -1.45. The van der Waals surface area contributed by atoms with E-state index in [4.69, 9.17) is 5.11 Å². The molecule has 1 heterocycles. The van der Waals surface area contributed by atoms with Gasteiger partial charge in [0.25, 0.3) is 11.8 Å². The fourth-order valence-electron chi connectivity index (χ4n) is 0.606. The van der Waals surface area contributed by atoms with E-state index in [-0.39, 0.29) is 0 Å². The second-order valence-electron chi connectivity index (χ2n) is 1.76. The van der Waals surface area contributed by atoms with E-state index >= 15 is 0 Å². The third-order valence-electron chi connectivity index (χ3n) is 1.02. The largest absolute Gasteiger partial charge is 0.464 e. The average Bonchev–Trinajstić information content (AvgIpc) is 2.18. The van der Waals surface area contributed by atoms with Crippen LogP contribution in [0, 0.1) is 0 Å². The molecule has 6 heteroatoms. The summed E-state index contributed by atoms with van der Waals surface area (Å²) < 4.78 is 0. The average molecular weight is 156 g/mol. The highest BCUT2D eigenvalue weighted by Crippen LogP contribution is 1.98. The van der Waals surface area contributed by atoms with Crippen molar-refractivity contribution in [2.45, 2.75) is 0 Å². The summed E-state index contributed by atoms with van der Waals surface area (Å²) in [7, 11) is 0. The van der Waals surface area contributed by atoms with E-state index in [1.807, 2.05) is 0 Å². The lowest BCUT2D eigenvalue weighted by Gasteiger charge is -2.10. The minimum Gasteiger partial charge on any atom is -0.464 e. The first-order valence-corrected chi connectivity index (χ1v) is 2.67. The second kappa shape index (κ2) is 2.41. The molecule has 0 bridgehead atoms. The van der Waals surface area contributed by atoms with E-state index in [1.165, 1.54) is 0 Å². The van der Waals surface area contributed by atoms with E-state index in [2.05, 4.69) is 0 Å². The van der Waals surface area contributed by atoms with Gasteiger partial charge in [0.2, 0.25) is 0 Å². The van der Waals surface area contributed by atoms with Crippen LogP contribution in [0.1, 0.15) is 0 Å². The number of imide groups is 1. The van der Waals surface area contributed by atoms with Gasteiger partial charge in [0.15, 0.2) is 0 Å². The summed E-state index contributed by atoms with van der Waals surface area (Å²) in [6, 6.07) is 0. The molecule has 1 aliphatic rings. The molecule has 0 aromatic heterocycles. The number of hydrazine groups is 1. The van der Waals surface area contributed by atoms with E-state index < -0.39 is 17.9 Å². The van der Waals surface area contributed by atoms with Gasteiger partial charge >= 0.3 is 6.09 Å². The Hall–Kier alpha value is -1.85. The van der Waals surface area contributed by atoms with Crippen molar-refractivity contribution in [2.24, 2.45) is 0 Å². The summed E-state index contributed by atoms with van der Waals surface area (Å²) in [5, 5.41) is 8.53. The monoisotopic (exact) mass is 156 g/mol. The van der Waals surface area contributed by atoms with Crippen LogP contribution in [-0.2, 0) is 9.59 Å². The van der Waals surface area contributed by atoms with Gasteiger partial charge in [-0.1, -0.05) is 0 Å². The molecule has 2 N–H and O–H groups in total. The lowest BCUT2D eigenvalue weighted by Crippen LogP contribution is -2.45. The number of hydrogen-bond acceptors (Lipinski definition) is 3. The third kappa shape index (κ3) is 1.34. The quantitative estimate of drug-likeness (QED) is 0.481. The van der Waals surface area contributed by atoms with Crippen molar-refractivity contribution in [2.75, 3.05) is 0 Å². The Kier molecular flexibility index (Phi) is 1.59. The number of hydrogen-bond donors (Lipinski definition) is 2. The van der Waals surface area contributed by atoms with Crippen LogP contribution in [0.15, 0.2) is 12.2 Å². The number of carbonyl (C=O) groups excluding carboxylic acids is 2. The maximum atomic E-state index is 10.6. The number of carboxylic acid groups (broad SMARTS) is 1. The first-order chi connectivity index (χ1) is 5.11. The normalized spacial score (nSPS) is 15.8. The molecule has 1 rings (SSSR count). The number of amides is 3. The fraction of sp³-hybridized carbons (Fsp3) is 0. The van der Waals surface area contributed by atoms with Gasteiger partial charge < -0.3 is 5.11 Å². The highest BCUT2D eigenvalue weighted by molar-refractivity contribution is 6.13. The molecule has 0 saturated heterocycles. The topological polar surface area (TPSA) is 86.7 Å². The molecule has 0 aromatic rings. The van der Waals surface area contributed by atoms with Crippen molar-refractivity contribution in [3.8, 4) is 0 Å². The minimum absolute atomic E-state index is 0.405. The van der Waals surface area contributed by atoms with Crippen LogP contribution in [0.3, 0.4) is 0 Å². The Morgan fingerprint density at radius 3 is 2.18 bits per heavy atom. The zero-order chi connectivity index (χ0) is 8.43. The SMILES string of the molecule is O=C(O)NN1C(=O)C=CC1=O. The van der Waals surface area contributed by atoms with Gasteiger partial charge in [0.05, 0.1) is 0 Å². The Morgan fingerprint density at radius 2 is 1.82 bits per heavy atom. The predicted molar refractivity (Wildman–Crippen MR) is 32.2 cm³/mol. The van der Waals surface area contributed by atoms with Crippen molar-refractivity contribution in [3.63, 3.8) is 0 Å². The van der Waals surface area contributed by atoms with Crippen LogP contribution < -0.4 is 5.43 Å². The van der Waals surface area contributed by atoms with Gasteiger partial charge in [-0.2, -0.15) is 5.01 Å². The number of nitrogens with one attached hydrogen (secondary N) is 1. The summed E-state index contributed by atoms with van der Waals surface area (Å²) in [5.41, 5.74) is 1.63. The van der Waals surface area contributed by atoms with Crippen molar-refractivity contribution in [1.82, 2.24) is 10.4 Å². The Morgan fingerprint density at radius 1 is 1.36 bits per heavy atom. The van der Waals surface area contributed by atoms with Gasteiger partial charge in [0, 0.05) is 12.2 Å². The Labute approximate surface area is 61.1 Å². The van der Waals surface area contributed by atoms with Crippen LogP contribution in [0.25, 0.3) is 0 Å². The van der Waals surface area contributed by atoms with Gasteiger partial charge in [-0.25, -0.2) is 10.2 Å². The standard InChI is InChI=1S/C5H4N2O4/c8-3-1-2-4(9)7(3)6-5(10)11/h1-2,6H,(H,10,11). The summed E-state index contributed by atoms with van der Waals surface area (Å²) in [6.45, 7) is 0. The number of carbonyl (C=O) groups is 3. The molecule has 0 radical (unpaired) electrons. The van der Waals surface area contributed by atoms with E-state index in [1.54, 1.807) is 5.43 Å². The summed E-state index contributed by atoms with van der Waals surface area (Å²) >= 11 is 0. The molecule has 3 amide bonds. The second-order valence-corrected chi connectivity index (χ2v) is 1.76. The highest BCUT2D eigenvalue weighted by atomic mass is 16.4. The highest BCUT2D eigenvalue weighted by Gasteiger charge is 2.24. The van der Waals surface area contributed by atoms with Crippen LogP contribution in [0.2, 0.25) is 0 Å². The maximum absolute atomic E-state index is 10.6. The summed E-state index contributed by atoms with van der Waals surface area (Å²) in [4.78, 5) is 31.2.